The molecule has 1 aromatic rings. The number of hydrogen-bond acceptors (Lipinski definition) is 4. The summed E-state index contributed by atoms with van der Waals surface area (Å²) in [5.74, 6) is 3.52. The second kappa shape index (κ2) is 5.51. The Bertz CT molecular complexity index is 417. The Kier molecular flexibility index (Phi) is 3.92. The molecule has 2 saturated heterocycles. The molecule has 2 aliphatic rings. The van der Waals surface area contributed by atoms with E-state index in [9.17, 15) is 5.11 Å². The molecule has 106 valence electrons. The van der Waals surface area contributed by atoms with E-state index >= 15 is 0 Å². The molecule has 0 radical (unpaired) electrons. The van der Waals surface area contributed by atoms with Gasteiger partial charge in [-0.05, 0) is 56.1 Å². The highest BCUT2D eigenvalue weighted by molar-refractivity contribution is 7.99. The lowest BCUT2D eigenvalue weighted by atomic mass is 9.78. The van der Waals surface area contributed by atoms with E-state index in [0.717, 1.165) is 43.6 Å². The van der Waals surface area contributed by atoms with Gasteiger partial charge in [-0.25, -0.2) is 0 Å². The number of aryl methyl sites for hydroxylation is 1. The van der Waals surface area contributed by atoms with E-state index in [1.54, 1.807) is 6.26 Å². The normalized spacial score (nSPS) is 28.4. The molecule has 2 unspecified atom stereocenters. The lowest BCUT2D eigenvalue weighted by Crippen LogP contribution is -2.44. The molecule has 2 fully saturated rings. The molecule has 3 rings (SSSR count). The highest BCUT2D eigenvalue weighted by Gasteiger charge is 2.41. The predicted molar refractivity (Wildman–Crippen MR) is 76.4 cm³/mol. The van der Waals surface area contributed by atoms with Gasteiger partial charge < -0.3 is 14.3 Å². The first-order chi connectivity index (χ1) is 9.20. The van der Waals surface area contributed by atoms with Gasteiger partial charge in [0.1, 0.15) is 5.76 Å². The van der Waals surface area contributed by atoms with Crippen LogP contribution in [-0.2, 0) is 4.74 Å². The summed E-state index contributed by atoms with van der Waals surface area (Å²) in [6.07, 6.45) is 5.45. The second-order valence-electron chi connectivity index (χ2n) is 5.77. The molecule has 0 aliphatic carbocycles. The zero-order chi connectivity index (χ0) is 13.3. The molecular formula is C15H22O3S. The second-order valence-corrected chi connectivity index (χ2v) is 7.00. The van der Waals surface area contributed by atoms with Crippen LogP contribution in [0.4, 0.5) is 0 Å². The van der Waals surface area contributed by atoms with Crippen molar-refractivity contribution in [2.45, 2.75) is 44.3 Å². The number of furan rings is 1. The summed E-state index contributed by atoms with van der Waals surface area (Å²) in [4.78, 5) is 0. The van der Waals surface area contributed by atoms with Crippen LogP contribution in [0.2, 0.25) is 0 Å². The van der Waals surface area contributed by atoms with Crippen LogP contribution >= 0.6 is 11.8 Å². The zero-order valence-corrected chi connectivity index (χ0v) is 12.2. The summed E-state index contributed by atoms with van der Waals surface area (Å²) in [5.41, 5.74) is 0.986. The van der Waals surface area contributed by atoms with Gasteiger partial charge in [-0.15, -0.1) is 0 Å². The fourth-order valence-corrected chi connectivity index (χ4v) is 4.62. The van der Waals surface area contributed by atoms with Gasteiger partial charge in [-0.3, -0.25) is 0 Å². The van der Waals surface area contributed by atoms with E-state index in [0.29, 0.717) is 5.92 Å². The standard InChI is InChI=1S/C15H22O3S/c1-11-13(3-6-17-11)14(16)12-2-7-18-15(10-12)4-8-19-9-5-15/h3,6,12,14,16H,2,4-5,7-10H2,1H3. The van der Waals surface area contributed by atoms with Crippen LogP contribution in [0.3, 0.4) is 0 Å². The molecule has 2 aliphatic heterocycles. The van der Waals surface area contributed by atoms with Gasteiger partial charge in [0.2, 0.25) is 0 Å². The fourth-order valence-electron chi connectivity index (χ4n) is 3.38. The first-order valence-electron chi connectivity index (χ1n) is 7.14. The van der Waals surface area contributed by atoms with E-state index in [1.165, 1.54) is 11.5 Å². The number of aliphatic hydroxyl groups excluding tert-OH is 1. The summed E-state index contributed by atoms with van der Waals surface area (Å²) in [6, 6.07) is 1.90. The highest BCUT2D eigenvalue weighted by atomic mass is 32.2. The Hall–Kier alpha value is -0.450. The number of hydrogen-bond donors (Lipinski definition) is 1. The Labute approximate surface area is 118 Å². The Morgan fingerprint density at radius 3 is 2.89 bits per heavy atom. The van der Waals surface area contributed by atoms with Crippen molar-refractivity contribution in [3.05, 3.63) is 23.7 Å². The van der Waals surface area contributed by atoms with E-state index in [-0.39, 0.29) is 5.60 Å². The molecule has 2 atom stereocenters. The molecule has 1 spiro atoms. The summed E-state index contributed by atoms with van der Waals surface area (Å²) < 4.78 is 11.4. The van der Waals surface area contributed by atoms with E-state index in [1.807, 2.05) is 24.8 Å². The first kappa shape index (κ1) is 13.5. The molecule has 3 nitrogen and oxygen atoms in total. The van der Waals surface area contributed by atoms with Crippen molar-refractivity contribution >= 4 is 11.8 Å². The molecule has 0 aromatic carbocycles. The lowest BCUT2D eigenvalue weighted by molar-refractivity contribution is -0.121. The molecule has 19 heavy (non-hydrogen) atoms. The van der Waals surface area contributed by atoms with E-state index in [4.69, 9.17) is 9.15 Å². The average Bonchev–Trinajstić information content (AvgIpc) is 2.85. The molecular weight excluding hydrogens is 260 g/mol. The predicted octanol–water partition coefficient (Wildman–Crippen LogP) is 3.31. The molecule has 1 N–H and O–H groups in total. The van der Waals surface area contributed by atoms with Gasteiger partial charge in [0, 0.05) is 12.2 Å². The molecule has 0 saturated carbocycles. The van der Waals surface area contributed by atoms with Crippen LogP contribution in [0.5, 0.6) is 0 Å². The maximum absolute atomic E-state index is 10.6. The number of ether oxygens (including phenoxy) is 1. The Morgan fingerprint density at radius 2 is 2.21 bits per heavy atom. The third kappa shape index (κ3) is 2.71. The summed E-state index contributed by atoms with van der Waals surface area (Å²) in [6.45, 7) is 2.70. The van der Waals surface area contributed by atoms with Crippen molar-refractivity contribution in [1.82, 2.24) is 0 Å². The average molecular weight is 282 g/mol. The third-order valence-electron chi connectivity index (χ3n) is 4.60. The van der Waals surface area contributed by atoms with Crippen LogP contribution in [0, 0.1) is 12.8 Å². The van der Waals surface area contributed by atoms with Crippen LogP contribution in [0.25, 0.3) is 0 Å². The SMILES string of the molecule is Cc1occc1C(O)C1CCOC2(CCSCC2)C1. The smallest absolute Gasteiger partial charge is 0.106 e. The van der Waals surface area contributed by atoms with Gasteiger partial charge in [-0.1, -0.05) is 0 Å². The Morgan fingerprint density at radius 1 is 1.42 bits per heavy atom. The maximum Gasteiger partial charge on any atom is 0.106 e. The topological polar surface area (TPSA) is 42.6 Å². The lowest BCUT2D eigenvalue weighted by Gasteiger charge is -2.44. The van der Waals surface area contributed by atoms with Crippen molar-refractivity contribution in [3.63, 3.8) is 0 Å². The minimum atomic E-state index is -0.408. The van der Waals surface area contributed by atoms with Gasteiger partial charge in [0.05, 0.1) is 18.0 Å². The monoisotopic (exact) mass is 282 g/mol. The largest absolute Gasteiger partial charge is 0.469 e. The number of thioether (sulfide) groups is 1. The minimum Gasteiger partial charge on any atom is -0.469 e. The number of rotatable bonds is 2. The van der Waals surface area contributed by atoms with Gasteiger partial charge >= 0.3 is 0 Å². The van der Waals surface area contributed by atoms with Crippen molar-refractivity contribution in [3.8, 4) is 0 Å². The van der Waals surface area contributed by atoms with Gasteiger partial charge in [-0.2, -0.15) is 11.8 Å². The molecule has 3 heterocycles. The van der Waals surface area contributed by atoms with E-state index in [2.05, 4.69) is 0 Å². The quantitative estimate of drug-likeness (QED) is 0.903. The molecule has 1 aromatic heterocycles. The number of aliphatic hydroxyl groups is 1. The first-order valence-corrected chi connectivity index (χ1v) is 8.29. The minimum absolute atomic E-state index is 0.0345. The zero-order valence-electron chi connectivity index (χ0n) is 11.4. The van der Waals surface area contributed by atoms with Crippen molar-refractivity contribution in [1.29, 1.82) is 0 Å². The van der Waals surface area contributed by atoms with Gasteiger partial charge in [0.15, 0.2) is 0 Å². The maximum atomic E-state index is 10.6. The van der Waals surface area contributed by atoms with E-state index < -0.39 is 6.10 Å². The summed E-state index contributed by atoms with van der Waals surface area (Å²) in [7, 11) is 0. The summed E-state index contributed by atoms with van der Waals surface area (Å²) >= 11 is 2.01. The van der Waals surface area contributed by atoms with Crippen molar-refractivity contribution in [2.24, 2.45) is 5.92 Å². The van der Waals surface area contributed by atoms with Crippen LogP contribution in [0.15, 0.2) is 16.7 Å². The van der Waals surface area contributed by atoms with Crippen LogP contribution in [-0.4, -0.2) is 28.8 Å². The molecule has 0 bridgehead atoms. The highest BCUT2D eigenvalue weighted by Crippen LogP contribution is 2.43. The van der Waals surface area contributed by atoms with Crippen molar-refractivity contribution in [2.75, 3.05) is 18.1 Å². The molecule has 4 heteroatoms. The summed E-state index contributed by atoms with van der Waals surface area (Å²) in [5, 5.41) is 10.6. The van der Waals surface area contributed by atoms with Crippen LogP contribution < -0.4 is 0 Å². The molecule has 0 amide bonds. The van der Waals surface area contributed by atoms with Crippen LogP contribution in [0.1, 0.15) is 43.1 Å². The third-order valence-corrected chi connectivity index (χ3v) is 5.58. The fraction of sp³-hybridized carbons (Fsp3) is 0.733. The Balaban J connectivity index is 1.72. The van der Waals surface area contributed by atoms with Crippen molar-refractivity contribution < 1.29 is 14.3 Å². The van der Waals surface area contributed by atoms with Gasteiger partial charge in [0.25, 0.3) is 0 Å².